The van der Waals surface area contributed by atoms with Crippen molar-refractivity contribution in [3.63, 3.8) is 0 Å². The minimum Gasteiger partial charge on any atom is -0.351 e. The van der Waals surface area contributed by atoms with Gasteiger partial charge in [0.15, 0.2) is 6.79 Å². The van der Waals surface area contributed by atoms with E-state index in [0.717, 1.165) is 6.04 Å². The second kappa shape index (κ2) is 6.97. The van der Waals surface area contributed by atoms with Crippen LogP contribution < -0.4 is 0 Å². The fourth-order valence-electron chi connectivity index (χ4n) is 0.620. The first-order valence-corrected chi connectivity index (χ1v) is 8.56. The average molecular weight is 220 g/mol. The van der Waals surface area contributed by atoms with E-state index in [0.29, 0.717) is 13.0 Å². The number of ether oxygens (including phenoxy) is 1. The van der Waals surface area contributed by atoms with Gasteiger partial charge in [-0.2, -0.15) is 4.89 Å². The molecule has 0 saturated heterocycles. The third-order valence-corrected chi connectivity index (χ3v) is 3.27. The van der Waals surface area contributed by atoms with Gasteiger partial charge in [0.2, 0.25) is 0 Å². The lowest BCUT2D eigenvalue weighted by atomic mass is 10.5. The Morgan fingerprint density at radius 3 is 2.43 bits per heavy atom. The van der Waals surface area contributed by atoms with Gasteiger partial charge in [-0.15, -0.1) is 0 Å². The molecule has 0 saturated carbocycles. The Morgan fingerprint density at radius 1 is 1.29 bits per heavy atom. The summed E-state index contributed by atoms with van der Waals surface area (Å²) in [6.45, 7) is 9.21. The number of hydrogen-bond donors (Lipinski definition) is 0. The summed E-state index contributed by atoms with van der Waals surface area (Å²) < 4.78 is 5.14. The Bertz CT molecular complexity index is 165. The van der Waals surface area contributed by atoms with Gasteiger partial charge in [-0.1, -0.05) is 26.6 Å². The SMILES string of the molecule is CCC(=O)OOCOCC[Si](C)(C)C. The van der Waals surface area contributed by atoms with Crippen molar-refractivity contribution in [3.05, 3.63) is 0 Å². The summed E-state index contributed by atoms with van der Waals surface area (Å²) in [6.07, 6.45) is 0.314. The number of carbonyl (C=O) groups excluding carboxylic acids is 1. The maximum absolute atomic E-state index is 10.6. The van der Waals surface area contributed by atoms with E-state index in [1.807, 2.05) is 0 Å². The molecule has 14 heavy (non-hydrogen) atoms. The lowest BCUT2D eigenvalue weighted by Crippen LogP contribution is -2.22. The van der Waals surface area contributed by atoms with Gasteiger partial charge in [-0.3, -0.25) is 4.89 Å². The summed E-state index contributed by atoms with van der Waals surface area (Å²) in [5.74, 6) is -0.376. The second-order valence-electron chi connectivity index (χ2n) is 4.26. The van der Waals surface area contributed by atoms with E-state index in [4.69, 9.17) is 4.74 Å². The zero-order chi connectivity index (χ0) is 11.0. The molecule has 4 nitrogen and oxygen atoms in total. The van der Waals surface area contributed by atoms with Crippen LogP contribution in [-0.2, 0) is 19.3 Å². The third-order valence-electron chi connectivity index (χ3n) is 1.57. The van der Waals surface area contributed by atoms with Crippen LogP contribution in [-0.4, -0.2) is 27.4 Å². The van der Waals surface area contributed by atoms with E-state index >= 15 is 0 Å². The molecule has 0 fully saturated rings. The highest BCUT2D eigenvalue weighted by Gasteiger charge is 2.11. The monoisotopic (exact) mass is 220 g/mol. The summed E-state index contributed by atoms with van der Waals surface area (Å²) in [6, 6.07) is 1.08. The molecule has 0 aromatic carbocycles. The Kier molecular flexibility index (Phi) is 6.78. The molecule has 0 atom stereocenters. The van der Waals surface area contributed by atoms with Crippen molar-refractivity contribution in [2.45, 2.75) is 39.0 Å². The first-order chi connectivity index (χ1) is 6.45. The van der Waals surface area contributed by atoms with E-state index in [1.54, 1.807) is 6.92 Å². The van der Waals surface area contributed by atoms with Crippen molar-refractivity contribution >= 4 is 14.0 Å². The molecule has 0 radical (unpaired) electrons. The Hall–Kier alpha value is -0.393. The van der Waals surface area contributed by atoms with Gasteiger partial charge in [0.25, 0.3) is 0 Å². The lowest BCUT2D eigenvalue weighted by molar-refractivity contribution is -0.309. The third kappa shape index (κ3) is 9.69. The summed E-state index contributed by atoms with van der Waals surface area (Å²) >= 11 is 0. The van der Waals surface area contributed by atoms with E-state index in [1.165, 1.54) is 0 Å². The van der Waals surface area contributed by atoms with Crippen LogP contribution >= 0.6 is 0 Å². The largest absolute Gasteiger partial charge is 0.351 e. The van der Waals surface area contributed by atoms with Crippen molar-refractivity contribution < 1.29 is 19.3 Å². The molecular weight excluding hydrogens is 200 g/mol. The van der Waals surface area contributed by atoms with Gasteiger partial charge in [0, 0.05) is 21.1 Å². The van der Waals surface area contributed by atoms with Gasteiger partial charge < -0.3 is 4.74 Å². The van der Waals surface area contributed by atoms with Gasteiger partial charge in [0.1, 0.15) is 0 Å². The number of carbonyl (C=O) groups is 1. The zero-order valence-electron chi connectivity index (χ0n) is 9.46. The predicted molar refractivity (Wildman–Crippen MR) is 56.4 cm³/mol. The first kappa shape index (κ1) is 13.6. The molecule has 0 amide bonds. The van der Waals surface area contributed by atoms with Crippen LogP contribution in [0.4, 0.5) is 0 Å². The Morgan fingerprint density at radius 2 is 1.93 bits per heavy atom. The van der Waals surface area contributed by atoms with Crippen molar-refractivity contribution in [1.29, 1.82) is 0 Å². The van der Waals surface area contributed by atoms with Crippen LogP contribution in [0.5, 0.6) is 0 Å². The van der Waals surface area contributed by atoms with Crippen LogP contribution in [0, 0.1) is 0 Å². The van der Waals surface area contributed by atoms with Crippen molar-refractivity contribution in [2.24, 2.45) is 0 Å². The van der Waals surface area contributed by atoms with E-state index in [2.05, 4.69) is 29.4 Å². The standard InChI is InChI=1S/C9H20O4Si/c1-5-9(10)13-12-8-11-6-7-14(2,3)4/h5-8H2,1-4H3. The Balaban J connectivity index is 3.18. The van der Waals surface area contributed by atoms with Crippen LogP contribution in [0.2, 0.25) is 25.7 Å². The highest BCUT2D eigenvalue weighted by Crippen LogP contribution is 2.07. The van der Waals surface area contributed by atoms with Gasteiger partial charge in [-0.05, 0) is 6.04 Å². The summed E-state index contributed by atoms with van der Waals surface area (Å²) in [7, 11) is -1.03. The quantitative estimate of drug-likeness (QED) is 0.217. The smallest absolute Gasteiger partial charge is 0.342 e. The molecule has 84 valence electrons. The molecule has 0 aliphatic rings. The average Bonchev–Trinajstić information content (AvgIpc) is 2.08. The van der Waals surface area contributed by atoms with Crippen molar-refractivity contribution in [3.8, 4) is 0 Å². The molecular formula is C9H20O4Si. The maximum atomic E-state index is 10.6. The fraction of sp³-hybridized carbons (Fsp3) is 0.889. The van der Waals surface area contributed by atoms with E-state index < -0.39 is 8.07 Å². The molecule has 0 aromatic heterocycles. The molecule has 0 aliphatic carbocycles. The van der Waals surface area contributed by atoms with Crippen LogP contribution in [0.1, 0.15) is 13.3 Å². The molecule has 0 aliphatic heterocycles. The van der Waals surface area contributed by atoms with E-state index in [9.17, 15) is 4.79 Å². The summed E-state index contributed by atoms with van der Waals surface area (Å²) in [5.41, 5.74) is 0. The summed E-state index contributed by atoms with van der Waals surface area (Å²) in [5, 5.41) is 0. The van der Waals surface area contributed by atoms with Crippen LogP contribution in [0.3, 0.4) is 0 Å². The number of rotatable bonds is 7. The van der Waals surface area contributed by atoms with Crippen molar-refractivity contribution in [1.82, 2.24) is 0 Å². The highest BCUT2D eigenvalue weighted by atomic mass is 28.3. The zero-order valence-corrected chi connectivity index (χ0v) is 10.5. The first-order valence-electron chi connectivity index (χ1n) is 4.86. The molecule has 0 unspecified atom stereocenters. The molecule has 5 heteroatoms. The molecule has 0 rings (SSSR count). The Labute approximate surface area is 86.5 Å². The normalized spacial score (nSPS) is 11.4. The molecule has 0 bridgehead atoms. The number of hydrogen-bond acceptors (Lipinski definition) is 4. The highest BCUT2D eigenvalue weighted by molar-refractivity contribution is 6.76. The van der Waals surface area contributed by atoms with Gasteiger partial charge >= 0.3 is 5.97 Å². The lowest BCUT2D eigenvalue weighted by Gasteiger charge is -2.14. The van der Waals surface area contributed by atoms with E-state index in [-0.39, 0.29) is 12.8 Å². The molecule has 0 spiro atoms. The molecule has 0 N–H and O–H groups in total. The fourth-order valence-corrected chi connectivity index (χ4v) is 1.38. The second-order valence-corrected chi connectivity index (χ2v) is 9.88. The van der Waals surface area contributed by atoms with Crippen LogP contribution in [0.25, 0.3) is 0 Å². The van der Waals surface area contributed by atoms with Gasteiger partial charge in [-0.25, -0.2) is 4.79 Å². The van der Waals surface area contributed by atoms with Gasteiger partial charge in [0.05, 0.1) is 0 Å². The van der Waals surface area contributed by atoms with Crippen molar-refractivity contribution in [2.75, 3.05) is 13.4 Å². The minimum atomic E-state index is -1.03. The summed E-state index contributed by atoms with van der Waals surface area (Å²) in [4.78, 5) is 19.5. The topological polar surface area (TPSA) is 44.8 Å². The van der Waals surface area contributed by atoms with Crippen LogP contribution in [0.15, 0.2) is 0 Å². The molecule has 0 aromatic rings. The molecule has 0 heterocycles. The predicted octanol–water partition coefficient (Wildman–Crippen LogP) is 2.18. The maximum Gasteiger partial charge on any atom is 0.342 e. The minimum absolute atomic E-state index is 0.0240.